The van der Waals surface area contributed by atoms with E-state index in [4.69, 9.17) is 25.8 Å². The topological polar surface area (TPSA) is 27.7 Å². The normalized spacial score (nSPS) is 24.3. The van der Waals surface area contributed by atoms with Gasteiger partial charge in [0, 0.05) is 17.5 Å². The van der Waals surface area contributed by atoms with Gasteiger partial charge in [0.25, 0.3) is 0 Å². The monoisotopic (exact) mass is 288 g/mol. The predicted molar refractivity (Wildman–Crippen MR) is 71.6 cm³/mol. The van der Waals surface area contributed by atoms with E-state index in [1.807, 2.05) is 6.92 Å². The summed E-state index contributed by atoms with van der Waals surface area (Å²) < 4.78 is 29.8. The van der Waals surface area contributed by atoms with Gasteiger partial charge in [-0.15, -0.1) is 11.6 Å². The van der Waals surface area contributed by atoms with E-state index in [0.29, 0.717) is 23.7 Å². The van der Waals surface area contributed by atoms with Crippen LogP contribution in [0.4, 0.5) is 4.39 Å². The summed E-state index contributed by atoms with van der Waals surface area (Å²) in [6.07, 6.45) is 1.01. The Hall–Kier alpha value is -1.00. The Balaban J connectivity index is 2.28. The third-order valence-corrected chi connectivity index (χ3v) is 4.03. The first-order valence-corrected chi connectivity index (χ1v) is 6.67. The minimum Gasteiger partial charge on any atom is -0.493 e. The number of hydrogen-bond donors (Lipinski definition) is 0. The molecule has 1 heterocycles. The van der Waals surface area contributed by atoms with E-state index >= 15 is 0 Å². The smallest absolute Gasteiger partial charge is 0.163 e. The molecule has 0 N–H and O–H groups in total. The standard InChI is InChI=1S/C14H18ClFO3/c1-8-4-9(7-19-8)14(15)10-5-12(17-2)13(18-3)6-11(10)16/h5-6,8-9,14H,4,7H2,1-3H3. The molecule has 1 aliphatic rings. The number of methoxy groups -OCH3 is 2. The van der Waals surface area contributed by atoms with Gasteiger partial charge in [0.05, 0.1) is 32.3 Å². The Morgan fingerprint density at radius 2 is 1.95 bits per heavy atom. The molecular formula is C14H18ClFO3. The van der Waals surface area contributed by atoms with Gasteiger partial charge >= 0.3 is 0 Å². The van der Waals surface area contributed by atoms with Crippen molar-refractivity contribution in [1.82, 2.24) is 0 Å². The van der Waals surface area contributed by atoms with Crippen LogP contribution in [0.2, 0.25) is 0 Å². The zero-order chi connectivity index (χ0) is 14.0. The first-order chi connectivity index (χ1) is 9.06. The zero-order valence-corrected chi connectivity index (χ0v) is 12.0. The van der Waals surface area contributed by atoms with Gasteiger partial charge in [-0.2, -0.15) is 0 Å². The molecule has 3 unspecified atom stereocenters. The van der Waals surface area contributed by atoms with Crippen LogP contribution in [0.15, 0.2) is 12.1 Å². The zero-order valence-electron chi connectivity index (χ0n) is 11.3. The van der Waals surface area contributed by atoms with Crippen molar-refractivity contribution in [3.05, 3.63) is 23.5 Å². The Labute approximate surface area is 117 Å². The summed E-state index contributed by atoms with van der Waals surface area (Å²) in [5.74, 6) is 0.585. The molecule has 1 saturated heterocycles. The summed E-state index contributed by atoms with van der Waals surface area (Å²) in [6.45, 7) is 2.55. The van der Waals surface area contributed by atoms with Crippen molar-refractivity contribution in [2.45, 2.75) is 24.8 Å². The largest absolute Gasteiger partial charge is 0.493 e. The Morgan fingerprint density at radius 3 is 2.47 bits per heavy atom. The van der Waals surface area contributed by atoms with Crippen LogP contribution in [0, 0.1) is 11.7 Å². The van der Waals surface area contributed by atoms with Crippen LogP contribution in [0.3, 0.4) is 0 Å². The van der Waals surface area contributed by atoms with Gasteiger partial charge in [0.1, 0.15) is 5.82 Å². The highest BCUT2D eigenvalue weighted by Gasteiger charge is 2.31. The number of alkyl halides is 1. The highest BCUT2D eigenvalue weighted by atomic mass is 35.5. The van der Waals surface area contributed by atoms with Gasteiger partial charge in [0.2, 0.25) is 0 Å². The van der Waals surface area contributed by atoms with Gasteiger partial charge in [-0.3, -0.25) is 0 Å². The highest BCUT2D eigenvalue weighted by molar-refractivity contribution is 6.21. The van der Waals surface area contributed by atoms with E-state index in [-0.39, 0.29) is 17.8 Å². The van der Waals surface area contributed by atoms with Gasteiger partial charge in [-0.05, 0) is 19.4 Å². The van der Waals surface area contributed by atoms with Crippen LogP contribution in [0.5, 0.6) is 11.5 Å². The average Bonchev–Trinajstić information content (AvgIpc) is 2.84. The Bertz CT molecular complexity index is 453. The first kappa shape index (κ1) is 14.4. The molecular weight excluding hydrogens is 271 g/mol. The lowest BCUT2D eigenvalue weighted by molar-refractivity contribution is 0.119. The second kappa shape index (κ2) is 5.97. The van der Waals surface area contributed by atoms with E-state index in [1.165, 1.54) is 20.3 Å². The van der Waals surface area contributed by atoms with Crippen LogP contribution < -0.4 is 9.47 Å². The number of ether oxygens (including phenoxy) is 3. The summed E-state index contributed by atoms with van der Waals surface area (Å²) in [5.41, 5.74) is 0.432. The molecule has 106 valence electrons. The van der Waals surface area contributed by atoms with Crippen LogP contribution in [-0.2, 0) is 4.74 Å². The molecule has 0 aromatic heterocycles. The molecule has 0 amide bonds. The van der Waals surface area contributed by atoms with Crippen LogP contribution >= 0.6 is 11.6 Å². The van der Waals surface area contributed by atoms with Gasteiger partial charge in [0.15, 0.2) is 11.5 Å². The minimum atomic E-state index is -0.426. The summed E-state index contributed by atoms with van der Waals surface area (Å²) in [7, 11) is 2.99. The van der Waals surface area contributed by atoms with Crippen molar-refractivity contribution >= 4 is 11.6 Å². The lowest BCUT2D eigenvalue weighted by Crippen LogP contribution is -2.10. The molecule has 19 heavy (non-hydrogen) atoms. The first-order valence-electron chi connectivity index (χ1n) is 6.24. The summed E-state index contributed by atoms with van der Waals surface area (Å²) in [4.78, 5) is 0. The molecule has 3 atom stereocenters. The maximum absolute atomic E-state index is 14.1. The number of hydrogen-bond acceptors (Lipinski definition) is 3. The van der Waals surface area contributed by atoms with E-state index in [9.17, 15) is 4.39 Å². The lowest BCUT2D eigenvalue weighted by Gasteiger charge is -2.18. The molecule has 1 aromatic carbocycles. The SMILES string of the molecule is COc1cc(F)c(C(Cl)C2COC(C)C2)cc1OC. The predicted octanol–water partition coefficient (Wildman–Crippen LogP) is 3.55. The molecule has 0 saturated carbocycles. The van der Waals surface area contributed by atoms with Gasteiger partial charge in [-0.25, -0.2) is 4.39 Å². The molecule has 0 radical (unpaired) electrons. The number of rotatable bonds is 4. The molecule has 3 nitrogen and oxygen atoms in total. The number of halogens is 2. The maximum Gasteiger partial charge on any atom is 0.163 e. The summed E-state index contributed by atoms with van der Waals surface area (Å²) in [6, 6.07) is 2.91. The van der Waals surface area contributed by atoms with Gasteiger partial charge in [-0.1, -0.05) is 0 Å². The molecule has 2 rings (SSSR count). The third kappa shape index (κ3) is 2.95. The molecule has 0 bridgehead atoms. The quantitative estimate of drug-likeness (QED) is 0.793. The van der Waals surface area contributed by atoms with Crippen molar-refractivity contribution < 1.29 is 18.6 Å². The van der Waals surface area contributed by atoms with Crippen molar-refractivity contribution in [2.24, 2.45) is 5.92 Å². The molecule has 5 heteroatoms. The number of benzene rings is 1. The average molecular weight is 289 g/mol. The van der Waals surface area contributed by atoms with Crippen LogP contribution in [0.25, 0.3) is 0 Å². The van der Waals surface area contributed by atoms with Crippen LogP contribution in [0.1, 0.15) is 24.3 Å². The second-order valence-electron chi connectivity index (χ2n) is 4.77. The van der Waals surface area contributed by atoms with Crippen molar-refractivity contribution in [3.63, 3.8) is 0 Å². The van der Waals surface area contributed by atoms with E-state index in [0.717, 1.165) is 6.42 Å². The highest BCUT2D eigenvalue weighted by Crippen LogP contribution is 2.41. The lowest BCUT2D eigenvalue weighted by atomic mass is 9.95. The van der Waals surface area contributed by atoms with E-state index in [2.05, 4.69) is 0 Å². The van der Waals surface area contributed by atoms with E-state index in [1.54, 1.807) is 6.07 Å². The Kier molecular flexibility index (Phi) is 4.53. The fraction of sp³-hybridized carbons (Fsp3) is 0.571. The maximum atomic E-state index is 14.1. The third-order valence-electron chi connectivity index (χ3n) is 3.44. The second-order valence-corrected chi connectivity index (χ2v) is 5.24. The molecule has 1 aliphatic heterocycles. The Morgan fingerprint density at radius 1 is 1.32 bits per heavy atom. The van der Waals surface area contributed by atoms with Crippen molar-refractivity contribution in [3.8, 4) is 11.5 Å². The minimum absolute atomic E-state index is 0.115. The molecule has 1 aromatic rings. The fourth-order valence-corrected chi connectivity index (χ4v) is 2.73. The fourth-order valence-electron chi connectivity index (χ4n) is 2.39. The summed E-state index contributed by atoms with van der Waals surface area (Å²) >= 11 is 6.39. The van der Waals surface area contributed by atoms with Crippen LogP contribution in [-0.4, -0.2) is 26.9 Å². The van der Waals surface area contributed by atoms with Crippen molar-refractivity contribution in [1.29, 1.82) is 0 Å². The molecule has 0 aliphatic carbocycles. The van der Waals surface area contributed by atoms with Crippen molar-refractivity contribution in [2.75, 3.05) is 20.8 Å². The van der Waals surface area contributed by atoms with E-state index < -0.39 is 5.38 Å². The molecule has 0 spiro atoms. The summed E-state index contributed by atoms with van der Waals surface area (Å²) in [5, 5.41) is -0.426. The molecule has 1 fully saturated rings. The van der Waals surface area contributed by atoms with Gasteiger partial charge < -0.3 is 14.2 Å².